The summed E-state index contributed by atoms with van der Waals surface area (Å²) in [4.78, 5) is 36.5. The summed E-state index contributed by atoms with van der Waals surface area (Å²) in [6, 6.07) is 3.04. The van der Waals surface area contributed by atoms with E-state index >= 15 is 0 Å². The smallest absolute Gasteiger partial charge is 0.305 e. The third-order valence-electron chi connectivity index (χ3n) is 2.76. The minimum atomic E-state index is -0.975. The number of amides is 2. The van der Waals surface area contributed by atoms with Crippen LogP contribution in [0.5, 0.6) is 0 Å². The van der Waals surface area contributed by atoms with Crippen LogP contribution in [0.25, 0.3) is 0 Å². The van der Waals surface area contributed by atoms with Gasteiger partial charge in [-0.15, -0.1) is 23.1 Å². The number of carboxylic acid groups (broad SMARTS) is 1. The Morgan fingerprint density at radius 3 is 2.85 bits per heavy atom. The van der Waals surface area contributed by atoms with Gasteiger partial charge in [-0.3, -0.25) is 14.4 Å². The average Bonchev–Trinajstić information content (AvgIpc) is 3.00. The van der Waals surface area contributed by atoms with Gasteiger partial charge in [0.2, 0.25) is 11.8 Å². The van der Waals surface area contributed by atoms with Crippen molar-refractivity contribution in [3.63, 3.8) is 0 Å². The zero-order valence-corrected chi connectivity index (χ0v) is 12.2. The molecule has 1 saturated heterocycles. The molecule has 108 valence electrons. The molecule has 2 rings (SSSR count). The van der Waals surface area contributed by atoms with Crippen LogP contribution in [-0.4, -0.2) is 46.0 Å². The number of thioether (sulfide) groups is 1. The highest BCUT2D eigenvalue weighted by molar-refractivity contribution is 8.00. The lowest BCUT2D eigenvalue weighted by molar-refractivity contribution is -0.138. The van der Waals surface area contributed by atoms with Crippen LogP contribution in [0.4, 0.5) is 0 Å². The van der Waals surface area contributed by atoms with Crippen molar-refractivity contribution in [2.75, 3.05) is 18.2 Å². The minimum absolute atomic E-state index is 0.0205. The molecule has 20 heavy (non-hydrogen) atoms. The maximum absolute atomic E-state index is 11.9. The maximum Gasteiger partial charge on any atom is 0.305 e. The first-order valence-corrected chi connectivity index (χ1v) is 8.00. The van der Waals surface area contributed by atoms with E-state index in [0.717, 1.165) is 4.88 Å². The van der Waals surface area contributed by atoms with Crippen LogP contribution < -0.4 is 5.32 Å². The van der Waals surface area contributed by atoms with Crippen LogP contribution in [0.15, 0.2) is 17.5 Å². The summed E-state index contributed by atoms with van der Waals surface area (Å²) in [5.41, 5.74) is 0. The van der Waals surface area contributed by atoms with E-state index < -0.39 is 12.0 Å². The third-order valence-corrected chi connectivity index (χ3v) is 4.69. The Kier molecular flexibility index (Phi) is 5.02. The van der Waals surface area contributed by atoms with E-state index in [9.17, 15) is 14.4 Å². The van der Waals surface area contributed by atoms with Crippen molar-refractivity contribution in [2.24, 2.45) is 0 Å². The predicted molar refractivity (Wildman–Crippen MR) is 76.5 cm³/mol. The number of carbonyl (C=O) groups excluding carboxylic acids is 2. The van der Waals surface area contributed by atoms with E-state index in [1.807, 2.05) is 11.4 Å². The fraction of sp³-hybridized carbons (Fsp3) is 0.417. The molecule has 1 aromatic rings. The summed E-state index contributed by atoms with van der Waals surface area (Å²) in [5.74, 6) is -0.459. The molecular formula is C12H14N2O4S2. The molecule has 0 unspecified atom stereocenters. The van der Waals surface area contributed by atoms with Crippen LogP contribution in [-0.2, 0) is 14.4 Å². The van der Waals surface area contributed by atoms with Gasteiger partial charge in [0, 0.05) is 4.88 Å². The normalized spacial score (nSPS) is 16.2. The second-order valence-corrected chi connectivity index (χ2v) is 6.24. The van der Waals surface area contributed by atoms with Gasteiger partial charge in [0.15, 0.2) is 0 Å². The Bertz CT molecular complexity index is 504. The van der Waals surface area contributed by atoms with Crippen molar-refractivity contribution in [3.05, 3.63) is 22.4 Å². The van der Waals surface area contributed by atoms with Gasteiger partial charge in [0.05, 0.1) is 24.1 Å². The molecule has 1 aliphatic rings. The molecular weight excluding hydrogens is 300 g/mol. The van der Waals surface area contributed by atoms with Gasteiger partial charge in [0.25, 0.3) is 0 Å². The summed E-state index contributed by atoms with van der Waals surface area (Å²) in [7, 11) is 0. The predicted octanol–water partition coefficient (Wildman–Crippen LogP) is 0.913. The molecule has 0 bridgehead atoms. The standard InChI is InChI=1S/C12H14N2O4S2/c15-10(5-14-7-19-6-11(14)16)13-8(4-12(17)18)9-2-1-3-20-9/h1-3,8H,4-7H2,(H,13,15)(H,17,18)/t8-/m0/s1. The largest absolute Gasteiger partial charge is 0.481 e. The lowest BCUT2D eigenvalue weighted by atomic mass is 10.1. The van der Waals surface area contributed by atoms with Gasteiger partial charge in [-0.05, 0) is 11.4 Å². The van der Waals surface area contributed by atoms with Crippen LogP contribution in [0, 0.1) is 0 Å². The highest BCUT2D eigenvalue weighted by Crippen LogP contribution is 2.22. The lowest BCUT2D eigenvalue weighted by Crippen LogP contribution is -2.40. The number of aliphatic carboxylic acids is 1. The molecule has 0 aromatic carbocycles. The molecule has 1 fully saturated rings. The molecule has 2 N–H and O–H groups in total. The topological polar surface area (TPSA) is 86.7 Å². The van der Waals surface area contributed by atoms with Gasteiger partial charge < -0.3 is 15.3 Å². The number of hydrogen-bond donors (Lipinski definition) is 2. The minimum Gasteiger partial charge on any atom is -0.481 e. The quantitative estimate of drug-likeness (QED) is 0.815. The van der Waals surface area contributed by atoms with Crippen molar-refractivity contribution < 1.29 is 19.5 Å². The Hall–Kier alpha value is -1.54. The van der Waals surface area contributed by atoms with E-state index in [-0.39, 0.29) is 24.8 Å². The number of rotatable bonds is 6. The van der Waals surface area contributed by atoms with Gasteiger partial charge in [-0.2, -0.15) is 0 Å². The van der Waals surface area contributed by atoms with Crippen molar-refractivity contribution in [2.45, 2.75) is 12.5 Å². The first-order valence-electron chi connectivity index (χ1n) is 5.96. The Labute approximate surface area is 124 Å². The fourth-order valence-corrected chi connectivity index (χ4v) is 3.52. The number of hydrogen-bond acceptors (Lipinski definition) is 5. The van der Waals surface area contributed by atoms with Crippen LogP contribution >= 0.6 is 23.1 Å². The molecule has 0 radical (unpaired) electrons. The molecule has 2 amide bonds. The number of thiophene rings is 1. The van der Waals surface area contributed by atoms with Crippen molar-refractivity contribution in [1.82, 2.24) is 10.2 Å². The van der Waals surface area contributed by atoms with Crippen LogP contribution in [0.2, 0.25) is 0 Å². The van der Waals surface area contributed by atoms with Crippen molar-refractivity contribution >= 4 is 40.9 Å². The Morgan fingerprint density at radius 2 is 2.30 bits per heavy atom. The third kappa shape index (κ3) is 3.97. The second kappa shape index (κ2) is 6.76. The average molecular weight is 314 g/mol. The Balaban J connectivity index is 1.95. The van der Waals surface area contributed by atoms with Gasteiger partial charge >= 0.3 is 5.97 Å². The van der Waals surface area contributed by atoms with E-state index in [1.54, 1.807) is 6.07 Å². The lowest BCUT2D eigenvalue weighted by Gasteiger charge is -2.19. The van der Waals surface area contributed by atoms with Gasteiger partial charge in [-0.25, -0.2) is 0 Å². The van der Waals surface area contributed by atoms with E-state index in [4.69, 9.17) is 5.11 Å². The van der Waals surface area contributed by atoms with Crippen molar-refractivity contribution in [1.29, 1.82) is 0 Å². The first-order chi connectivity index (χ1) is 9.56. The molecule has 1 aromatic heterocycles. The molecule has 6 nitrogen and oxygen atoms in total. The van der Waals surface area contributed by atoms with E-state index in [2.05, 4.69) is 5.32 Å². The molecule has 1 aliphatic heterocycles. The van der Waals surface area contributed by atoms with Crippen LogP contribution in [0.3, 0.4) is 0 Å². The molecule has 0 spiro atoms. The molecule has 0 aliphatic carbocycles. The molecule has 2 heterocycles. The fourth-order valence-electron chi connectivity index (χ4n) is 1.84. The zero-order chi connectivity index (χ0) is 14.5. The highest BCUT2D eigenvalue weighted by atomic mass is 32.2. The van der Waals surface area contributed by atoms with Gasteiger partial charge in [-0.1, -0.05) is 6.07 Å². The molecule has 1 atom stereocenters. The van der Waals surface area contributed by atoms with E-state index in [1.165, 1.54) is 28.0 Å². The van der Waals surface area contributed by atoms with E-state index in [0.29, 0.717) is 11.6 Å². The summed E-state index contributed by atoms with van der Waals surface area (Å²) < 4.78 is 0. The maximum atomic E-state index is 11.9. The van der Waals surface area contributed by atoms with Crippen molar-refractivity contribution in [3.8, 4) is 0 Å². The summed E-state index contributed by atoms with van der Waals surface area (Å²) in [5, 5.41) is 13.4. The van der Waals surface area contributed by atoms with Gasteiger partial charge in [0.1, 0.15) is 6.54 Å². The SMILES string of the molecule is O=C(O)C[C@H](NC(=O)CN1CSCC1=O)c1cccs1. The molecule has 8 heteroatoms. The Morgan fingerprint density at radius 1 is 1.50 bits per heavy atom. The monoisotopic (exact) mass is 314 g/mol. The highest BCUT2D eigenvalue weighted by Gasteiger charge is 2.25. The van der Waals surface area contributed by atoms with Crippen LogP contribution in [0.1, 0.15) is 17.3 Å². The second-order valence-electron chi connectivity index (χ2n) is 4.30. The number of carboxylic acids is 1. The first kappa shape index (κ1) is 14.9. The number of nitrogens with zero attached hydrogens (tertiary/aromatic N) is 1. The summed E-state index contributed by atoms with van der Waals surface area (Å²) in [6.07, 6.45) is -0.172. The number of nitrogens with one attached hydrogen (secondary N) is 1. The molecule has 0 saturated carbocycles. The zero-order valence-electron chi connectivity index (χ0n) is 10.6. The summed E-state index contributed by atoms with van der Waals surface area (Å²) >= 11 is 2.86. The number of carbonyl (C=O) groups is 3. The summed E-state index contributed by atoms with van der Waals surface area (Å²) in [6.45, 7) is -0.0205.